The van der Waals surface area contributed by atoms with Crippen LogP contribution in [0, 0.1) is 0 Å². The number of alkyl halides is 1. The first-order valence-electron chi connectivity index (χ1n) is 5.62. The topological polar surface area (TPSA) is 60.4 Å². The fourth-order valence-corrected chi connectivity index (χ4v) is 3.71. The normalized spacial score (nSPS) is 15.1. The van der Waals surface area contributed by atoms with E-state index >= 15 is 0 Å². The Hall–Kier alpha value is -1.14. The van der Waals surface area contributed by atoms with Crippen LogP contribution in [0.1, 0.15) is 13.8 Å². The highest BCUT2D eigenvalue weighted by Crippen LogP contribution is 2.25. The summed E-state index contributed by atoms with van der Waals surface area (Å²) in [6.45, 7) is 2.97. The Morgan fingerprint density at radius 1 is 1.32 bits per heavy atom. The minimum Gasteiger partial charge on any atom is -0.456 e. The third-order valence-electron chi connectivity index (χ3n) is 2.31. The van der Waals surface area contributed by atoms with E-state index in [2.05, 4.69) is 15.9 Å². The molecule has 0 saturated heterocycles. The standard InChI is InChI=1S/C13H15BrO4S/c1-3-7-12(18-10(2)15)13(14)19(16,17)11-8-5-4-6-9-11/h3-9,12-13H,1-2H3/b7-3+. The summed E-state index contributed by atoms with van der Waals surface area (Å²) in [5, 5.41) is 0. The van der Waals surface area contributed by atoms with Crippen LogP contribution < -0.4 is 0 Å². The van der Waals surface area contributed by atoms with Crippen LogP contribution in [-0.4, -0.2) is 24.7 Å². The van der Waals surface area contributed by atoms with E-state index in [1.807, 2.05) is 0 Å². The lowest BCUT2D eigenvalue weighted by Crippen LogP contribution is -2.31. The summed E-state index contributed by atoms with van der Waals surface area (Å²) in [6, 6.07) is 8.03. The highest BCUT2D eigenvalue weighted by molar-refractivity contribution is 9.11. The molecule has 2 unspecified atom stereocenters. The third kappa shape index (κ3) is 4.18. The number of hydrogen-bond donors (Lipinski definition) is 0. The molecule has 0 N–H and O–H groups in total. The number of carbonyl (C=O) groups excluding carboxylic acids is 1. The van der Waals surface area contributed by atoms with E-state index in [1.54, 1.807) is 31.2 Å². The summed E-state index contributed by atoms with van der Waals surface area (Å²) < 4.78 is 28.7. The van der Waals surface area contributed by atoms with Crippen LogP contribution in [0.15, 0.2) is 47.4 Å². The molecule has 6 heteroatoms. The van der Waals surface area contributed by atoms with Crippen molar-refractivity contribution in [3.8, 4) is 0 Å². The van der Waals surface area contributed by atoms with Gasteiger partial charge in [-0.25, -0.2) is 8.42 Å². The van der Waals surface area contributed by atoms with Crippen LogP contribution in [0.2, 0.25) is 0 Å². The molecule has 0 bridgehead atoms. The zero-order valence-corrected chi connectivity index (χ0v) is 13.0. The van der Waals surface area contributed by atoms with Gasteiger partial charge in [-0.15, -0.1) is 0 Å². The number of sulfone groups is 1. The molecule has 104 valence electrons. The van der Waals surface area contributed by atoms with Crippen LogP contribution in [-0.2, 0) is 19.4 Å². The van der Waals surface area contributed by atoms with E-state index in [9.17, 15) is 13.2 Å². The second-order valence-electron chi connectivity index (χ2n) is 3.81. The largest absolute Gasteiger partial charge is 0.456 e. The van der Waals surface area contributed by atoms with Gasteiger partial charge in [0.05, 0.1) is 4.90 Å². The number of esters is 1. The molecular formula is C13H15BrO4S. The predicted molar refractivity (Wildman–Crippen MR) is 76.7 cm³/mol. The van der Waals surface area contributed by atoms with Crippen molar-refractivity contribution in [2.75, 3.05) is 0 Å². The fraction of sp³-hybridized carbons (Fsp3) is 0.308. The lowest BCUT2D eigenvalue weighted by molar-refractivity contribution is -0.143. The minimum absolute atomic E-state index is 0.179. The lowest BCUT2D eigenvalue weighted by atomic mass is 10.3. The minimum atomic E-state index is -3.62. The Labute approximate surface area is 121 Å². The third-order valence-corrected chi connectivity index (χ3v) is 6.10. The molecule has 0 fully saturated rings. The SMILES string of the molecule is C/C=C/C(OC(C)=O)C(Br)S(=O)(=O)c1ccccc1. The monoisotopic (exact) mass is 346 g/mol. The van der Waals surface area contributed by atoms with Crippen molar-refractivity contribution in [3.63, 3.8) is 0 Å². The summed E-state index contributed by atoms with van der Waals surface area (Å²) in [6.07, 6.45) is 2.30. The quantitative estimate of drug-likeness (QED) is 0.467. The Kier molecular flexibility index (Phi) is 5.75. The summed E-state index contributed by atoms with van der Waals surface area (Å²) in [5.74, 6) is -0.532. The number of allylic oxidation sites excluding steroid dienone is 1. The number of rotatable bonds is 5. The molecule has 0 aliphatic rings. The van der Waals surface area contributed by atoms with Gasteiger partial charge in [0.2, 0.25) is 0 Å². The molecule has 0 radical (unpaired) electrons. The predicted octanol–water partition coefficient (Wildman–Crippen LogP) is 2.69. The summed E-state index contributed by atoms with van der Waals surface area (Å²) in [4.78, 5) is 11.2. The molecule has 1 aromatic carbocycles. The van der Waals surface area contributed by atoms with Crippen LogP contribution in [0.4, 0.5) is 0 Å². The number of halogens is 1. The summed E-state index contributed by atoms with van der Waals surface area (Å²) in [5.41, 5.74) is 0. The van der Waals surface area contributed by atoms with Crippen molar-refractivity contribution in [3.05, 3.63) is 42.5 Å². The number of benzene rings is 1. The molecule has 1 rings (SSSR count). The van der Waals surface area contributed by atoms with Crippen LogP contribution in [0.5, 0.6) is 0 Å². The zero-order valence-electron chi connectivity index (χ0n) is 10.6. The summed E-state index contributed by atoms with van der Waals surface area (Å²) in [7, 11) is -3.62. The molecule has 1 aromatic rings. The maximum atomic E-state index is 12.4. The van der Waals surface area contributed by atoms with E-state index in [4.69, 9.17) is 4.74 Å². The van der Waals surface area contributed by atoms with Crippen molar-refractivity contribution >= 4 is 31.7 Å². The molecule has 0 amide bonds. The van der Waals surface area contributed by atoms with Gasteiger partial charge in [0, 0.05) is 6.92 Å². The lowest BCUT2D eigenvalue weighted by Gasteiger charge is -2.19. The van der Waals surface area contributed by atoms with E-state index in [1.165, 1.54) is 25.1 Å². The molecule has 0 aliphatic carbocycles. The fourth-order valence-electron chi connectivity index (χ4n) is 1.48. The molecule has 0 heterocycles. The van der Waals surface area contributed by atoms with Gasteiger partial charge in [0.1, 0.15) is 6.10 Å². The average Bonchev–Trinajstić information content (AvgIpc) is 2.38. The molecule has 0 saturated carbocycles. The molecule has 2 atom stereocenters. The second-order valence-corrected chi connectivity index (χ2v) is 7.47. The van der Waals surface area contributed by atoms with Crippen molar-refractivity contribution in [2.45, 2.75) is 29.0 Å². The molecule has 4 nitrogen and oxygen atoms in total. The second kappa shape index (κ2) is 6.86. The van der Waals surface area contributed by atoms with Gasteiger partial charge in [0.25, 0.3) is 0 Å². The van der Waals surface area contributed by atoms with Crippen molar-refractivity contribution in [2.24, 2.45) is 0 Å². The Bertz CT molecular complexity index is 551. The maximum Gasteiger partial charge on any atom is 0.303 e. The van der Waals surface area contributed by atoms with Crippen LogP contribution in [0.3, 0.4) is 0 Å². The number of carbonyl (C=O) groups is 1. The average molecular weight is 347 g/mol. The van der Waals surface area contributed by atoms with Gasteiger partial charge in [-0.05, 0) is 25.1 Å². The Balaban J connectivity index is 3.08. The van der Waals surface area contributed by atoms with Gasteiger partial charge >= 0.3 is 5.97 Å². The first-order valence-corrected chi connectivity index (χ1v) is 8.09. The number of hydrogen-bond acceptors (Lipinski definition) is 4. The molecule has 0 spiro atoms. The molecule has 0 aliphatic heterocycles. The molecule has 19 heavy (non-hydrogen) atoms. The van der Waals surface area contributed by atoms with E-state index in [-0.39, 0.29) is 4.90 Å². The highest BCUT2D eigenvalue weighted by Gasteiger charge is 2.33. The van der Waals surface area contributed by atoms with Crippen LogP contribution >= 0.6 is 15.9 Å². The summed E-state index contributed by atoms with van der Waals surface area (Å²) >= 11 is 3.12. The Morgan fingerprint density at radius 3 is 2.37 bits per heavy atom. The molecule has 0 aromatic heterocycles. The van der Waals surface area contributed by atoms with Crippen molar-refractivity contribution in [1.82, 2.24) is 0 Å². The van der Waals surface area contributed by atoms with E-state index in [0.717, 1.165) is 0 Å². The molecular weight excluding hydrogens is 332 g/mol. The van der Waals surface area contributed by atoms with Gasteiger partial charge in [-0.3, -0.25) is 4.79 Å². The smallest absolute Gasteiger partial charge is 0.303 e. The van der Waals surface area contributed by atoms with Gasteiger partial charge < -0.3 is 4.74 Å². The van der Waals surface area contributed by atoms with Gasteiger partial charge in [0.15, 0.2) is 14.0 Å². The van der Waals surface area contributed by atoms with Gasteiger partial charge in [-0.1, -0.05) is 40.2 Å². The maximum absolute atomic E-state index is 12.4. The number of ether oxygens (including phenoxy) is 1. The van der Waals surface area contributed by atoms with Crippen molar-refractivity contribution in [1.29, 1.82) is 0 Å². The first kappa shape index (κ1) is 15.9. The van der Waals surface area contributed by atoms with Gasteiger partial charge in [-0.2, -0.15) is 0 Å². The van der Waals surface area contributed by atoms with Crippen LogP contribution in [0.25, 0.3) is 0 Å². The Morgan fingerprint density at radius 2 is 1.89 bits per heavy atom. The highest BCUT2D eigenvalue weighted by atomic mass is 79.9. The van der Waals surface area contributed by atoms with Crippen molar-refractivity contribution < 1.29 is 17.9 Å². The zero-order chi connectivity index (χ0) is 14.5. The van der Waals surface area contributed by atoms with E-state index < -0.39 is 26.1 Å². The first-order chi connectivity index (χ1) is 8.89. The van der Waals surface area contributed by atoms with E-state index in [0.29, 0.717) is 0 Å².